The highest BCUT2D eigenvalue weighted by atomic mass is 32.1. The summed E-state index contributed by atoms with van der Waals surface area (Å²) in [4.78, 5) is 6.36. The second kappa shape index (κ2) is 4.88. The number of aryl methyl sites for hydroxylation is 1. The van der Waals surface area contributed by atoms with E-state index in [2.05, 4.69) is 4.98 Å². The van der Waals surface area contributed by atoms with E-state index in [0.29, 0.717) is 0 Å². The second-order valence-electron chi connectivity index (χ2n) is 5.21. The summed E-state index contributed by atoms with van der Waals surface area (Å²) in [5, 5.41) is 0. The molecule has 0 aliphatic rings. The van der Waals surface area contributed by atoms with Crippen molar-refractivity contribution >= 4 is 27.3 Å². The molecular weight excluding hydrogens is 302 g/mol. The van der Waals surface area contributed by atoms with Crippen LogP contribution in [0.4, 0.5) is 8.78 Å². The number of benzene rings is 2. The lowest BCUT2D eigenvalue weighted by Gasteiger charge is -2.04. The first-order chi connectivity index (χ1) is 10.6. The molecule has 0 fully saturated rings. The van der Waals surface area contributed by atoms with E-state index in [9.17, 15) is 8.78 Å². The zero-order valence-electron chi connectivity index (χ0n) is 11.8. The minimum absolute atomic E-state index is 0.111. The smallest absolute Gasteiger partial charge is 0.195 e. The van der Waals surface area contributed by atoms with Crippen LogP contribution in [0.2, 0.25) is 0 Å². The average Bonchev–Trinajstić information content (AvgIpc) is 3.00. The van der Waals surface area contributed by atoms with E-state index < -0.39 is 11.6 Å². The highest BCUT2D eigenvalue weighted by Gasteiger charge is 2.17. The van der Waals surface area contributed by atoms with Gasteiger partial charge < -0.3 is 0 Å². The Morgan fingerprint density at radius 3 is 2.55 bits per heavy atom. The molecule has 0 unspecified atom stereocenters. The van der Waals surface area contributed by atoms with E-state index in [1.807, 2.05) is 35.6 Å². The van der Waals surface area contributed by atoms with Gasteiger partial charge in [0.2, 0.25) is 0 Å². The molecule has 110 valence electrons. The molecule has 5 heteroatoms. The van der Waals surface area contributed by atoms with Crippen LogP contribution >= 0.6 is 11.3 Å². The molecular formula is C17H12F2N2S. The molecule has 0 saturated carbocycles. The maximum atomic E-state index is 13.8. The van der Waals surface area contributed by atoms with Gasteiger partial charge in [-0.3, -0.25) is 4.40 Å². The van der Waals surface area contributed by atoms with E-state index in [-0.39, 0.29) is 12.0 Å². The first kappa shape index (κ1) is 13.4. The summed E-state index contributed by atoms with van der Waals surface area (Å²) < 4.78 is 29.7. The van der Waals surface area contributed by atoms with Crippen LogP contribution < -0.4 is 0 Å². The minimum atomic E-state index is -0.504. The Hall–Kier alpha value is -2.27. The third-order valence-electron chi connectivity index (χ3n) is 3.88. The van der Waals surface area contributed by atoms with Crippen LogP contribution in [-0.2, 0) is 6.42 Å². The molecule has 0 saturated heterocycles. The summed E-state index contributed by atoms with van der Waals surface area (Å²) >= 11 is 1.48. The fourth-order valence-corrected chi connectivity index (χ4v) is 3.88. The van der Waals surface area contributed by atoms with Gasteiger partial charge >= 0.3 is 0 Å². The molecule has 2 heterocycles. The molecule has 2 nitrogen and oxygen atoms in total. The van der Waals surface area contributed by atoms with Crippen LogP contribution in [0.1, 0.15) is 16.1 Å². The van der Waals surface area contributed by atoms with Crippen LogP contribution in [0.25, 0.3) is 16.0 Å². The summed E-state index contributed by atoms with van der Waals surface area (Å²) in [5.41, 5.74) is 3.04. The van der Waals surface area contributed by atoms with Crippen molar-refractivity contribution in [3.8, 4) is 0 Å². The van der Waals surface area contributed by atoms with Crippen molar-refractivity contribution < 1.29 is 8.78 Å². The van der Waals surface area contributed by atoms with Crippen LogP contribution in [0.15, 0.2) is 42.5 Å². The van der Waals surface area contributed by atoms with Gasteiger partial charge in [0.05, 0.1) is 11.0 Å². The molecule has 0 bridgehead atoms. The normalized spacial score (nSPS) is 11.6. The Balaban J connectivity index is 1.88. The van der Waals surface area contributed by atoms with Crippen LogP contribution in [0, 0.1) is 18.6 Å². The van der Waals surface area contributed by atoms with Crippen molar-refractivity contribution in [2.24, 2.45) is 0 Å². The van der Waals surface area contributed by atoms with Gasteiger partial charge in [0.1, 0.15) is 11.6 Å². The van der Waals surface area contributed by atoms with Crippen molar-refractivity contribution in [3.63, 3.8) is 0 Å². The first-order valence-electron chi connectivity index (χ1n) is 6.93. The number of hydrogen-bond acceptors (Lipinski definition) is 2. The van der Waals surface area contributed by atoms with Crippen molar-refractivity contribution in [3.05, 3.63) is 70.2 Å². The summed E-state index contributed by atoms with van der Waals surface area (Å²) in [6.07, 6.45) is 0.243. The standard InChI is InChI=1S/C17H12F2N2S/c1-10-16(9-11-12(18)5-4-6-13(11)19)22-17-20-14-7-2-3-8-15(14)21(10)17/h2-8H,9H2,1H3. The minimum Gasteiger partial charge on any atom is -0.287 e. The van der Waals surface area contributed by atoms with Gasteiger partial charge in [-0.1, -0.05) is 18.2 Å². The quantitative estimate of drug-likeness (QED) is 0.523. The molecule has 0 amide bonds. The zero-order chi connectivity index (χ0) is 15.3. The third-order valence-corrected chi connectivity index (χ3v) is 5.03. The number of imidazole rings is 1. The first-order valence-corrected chi connectivity index (χ1v) is 7.75. The van der Waals surface area contributed by atoms with Crippen molar-refractivity contribution in [1.82, 2.24) is 9.38 Å². The Bertz CT molecular complexity index is 980. The largest absolute Gasteiger partial charge is 0.287 e. The van der Waals surface area contributed by atoms with Crippen LogP contribution in [0.5, 0.6) is 0 Å². The Labute approximate surface area is 129 Å². The predicted molar refractivity (Wildman–Crippen MR) is 84.5 cm³/mol. The molecule has 22 heavy (non-hydrogen) atoms. The summed E-state index contributed by atoms with van der Waals surface area (Å²) in [7, 11) is 0. The molecule has 0 radical (unpaired) electrons. The lowest BCUT2D eigenvalue weighted by molar-refractivity contribution is 0.562. The molecule has 4 aromatic rings. The number of fused-ring (bicyclic) bond motifs is 3. The van der Waals surface area contributed by atoms with Gasteiger partial charge in [0.15, 0.2) is 4.96 Å². The van der Waals surface area contributed by atoms with Gasteiger partial charge in [0.25, 0.3) is 0 Å². The average molecular weight is 314 g/mol. The molecule has 2 aromatic heterocycles. The highest BCUT2D eigenvalue weighted by molar-refractivity contribution is 7.17. The number of halogens is 2. The van der Waals surface area contributed by atoms with Gasteiger partial charge in [-0.15, -0.1) is 11.3 Å². The Morgan fingerprint density at radius 2 is 1.77 bits per heavy atom. The molecule has 4 rings (SSSR count). The van der Waals surface area contributed by atoms with E-state index in [1.165, 1.54) is 29.5 Å². The zero-order valence-corrected chi connectivity index (χ0v) is 12.6. The fourth-order valence-electron chi connectivity index (χ4n) is 2.73. The number of para-hydroxylation sites is 2. The lowest BCUT2D eigenvalue weighted by atomic mass is 10.1. The molecule has 0 spiro atoms. The third kappa shape index (κ3) is 1.93. The number of thiazole rings is 1. The molecule has 0 atom stereocenters. The molecule has 0 aliphatic carbocycles. The van der Waals surface area contributed by atoms with E-state index in [1.54, 1.807) is 0 Å². The van der Waals surface area contributed by atoms with Gasteiger partial charge in [-0.2, -0.15) is 0 Å². The lowest BCUT2D eigenvalue weighted by Crippen LogP contribution is -1.97. The van der Waals surface area contributed by atoms with E-state index >= 15 is 0 Å². The molecule has 2 aromatic carbocycles. The van der Waals surface area contributed by atoms with E-state index in [0.717, 1.165) is 26.6 Å². The topological polar surface area (TPSA) is 17.3 Å². The van der Waals surface area contributed by atoms with Gasteiger partial charge in [-0.05, 0) is 31.2 Å². The van der Waals surface area contributed by atoms with Crippen LogP contribution in [-0.4, -0.2) is 9.38 Å². The Morgan fingerprint density at radius 1 is 1.05 bits per heavy atom. The van der Waals surface area contributed by atoms with Gasteiger partial charge in [-0.25, -0.2) is 13.8 Å². The summed E-state index contributed by atoms with van der Waals surface area (Å²) in [5.74, 6) is -1.01. The highest BCUT2D eigenvalue weighted by Crippen LogP contribution is 2.30. The summed E-state index contributed by atoms with van der Waals surface area (Å²) in [6, 6.07) is 11.8. The van der Waals surface area contributed by atoms with Crippen LogP contribution in [0.3, 0.4) is 0 Å². The molecule has 0 aliphatic heterocycles. The number of hydrogen-bond donors (Lipinski definition) is 0. The monoisotopic (exact) mass is 314 g/mol. The number of aromatic nitrogens is 2. The number of nitrogens with zero attached hydrogens (tertiary/aromatic N) is 2. The molecule has 0 N–H and O–H groups in total. The second-order valence-corrected chi connectivity index (χ2v) is 6.27. The van der Waals surface area contributed by atoms with Crippen molar-refractivity contribution in [2.45, 2.75) is 13.3 Å². The van der Waals surface area contributed by atoms with Gasteiger partial charge in [0, 0.05) is 22.6 Å². The fraction of sp³-hybridized carbons (Fsp3) is 0.118. The SMILES string of the molecule is Cc1c(Cc2c(F)cccc2F)sc2nc3ccccc3n12. The maximum absolute atomic E-state index is 13.8. The van der Waals surface area contributed by atoms with E-state index in [4.69, 9.17) is 0 Å². The maximum Gasteiger partial charge on any atom is 0.195 e. The van der Waals surface area contributed by atoms with Crippen molar-refractivity contribution in [1.29, 1.82) is 0 Å². The van der Waals surface area contributed by atoms with Crippen molar-refractivity contribution in [2.75, 3.05) is 0 Å². The Kier molecular flexibility index (Phi) is 2.97. The summed E-state index contributed by atoms with van der Waals surface area (Å²) in [6.45, 7) is 1.96. The number of rotatable bonds is 2. The predicted octanol–water partition coefficient (Wildman–Crippen LogP) is 4.73.